The van der Waals surface area contributed by atoms with Crippen molar-refractivity contribution in [3.8, 4) is 5.75 Å². The van der Waals surface area contributed by atoms with Crippen molar-refractivity contribution >= 4 is 11.6 Å². The fraction of sp³-hybridized carbons (Fsp3) is 0.538. The van der Waals surface area contributed by atoms with Gasteiger partial charge in [-0.1, -0.05) is 30.7 Å². The van der Waals surface area contributed by atoms with E-state index in [1.165, 1.54) is 0 Å². The molecule has 17 heavy (non-hydrogen) atoms. The highest BCUT2D eigenvalue weighted by molar-refractivity contribution is 6.32. The molecule has 2 atom stereocenters. The third kappa shape index (κ3) is 4.19. The monoisotopic (exact) mass is 257 g/mol. The molecule has 0 bridgehead atoms. The molecule has 2 N–H and O–H groups in total. The smallest absolute Gasteiger partial charge is 0.150 e. The minimum Gasteiger partial charge on any atom is -0.474 e. The molecule has 0 aliphatic carbocycles. The molecule has 1 rings (SSSR count). The van der Waals surface area contributed by atoms with Crippen LogP contribution in [0.1, 0.15) is 25.8 Å². The minimum atomic E-state index is -0.143. The third-order valence-electron chi connectivity index (χ3n) is 2.54. The average molecular weight is 258 g/mol. The van der Waals surface area contributed by atoms with Crippen LogP contribution in [0.4, 0.5) is 0 Å². The number of aryl methyl sites for hydroxylation is 1. The Morgan fingerprint density at radius 2 is 2.18 bits per heavy atom. The van der Waals surface area contributed by atoms with E-state index >= 15 is 0 Å². The van der Waals surface area contributed by atoms with Crippen molar-refractivity contribution in [1.82, 2.24) is 5.32 Å². The number of halogens is 1. The molecular weight excluding hydrogens is 238 g/mol. The van der Waals surface area contributed by atoms with E-state index < -0.39 is 0 Å². The number of rotatable bonds is 6. The van der Waals surface area contributed by atoms with Crippen molar-refractivity contribution in [2.75, 3.05) is 6.61 Å². The van der Waals surface area contributed by atoms with Crippen LogP contribution < -0.4 is 10.1 Å². The van der Waals surface area contributed by atoms with E-state index in [0.717, 1.165) is 12.0 Å². The van der Waals surface area contributed by atoms with Crippen LogP contribution in [0.2, 0.25) is 5.02 Å². The van der Waals surface area contributed by atoms with Crippen LogP contribution in [0, 0.1) is 6.92 Å². The highest BCUT2D eigenvalue weighted by Gasteiger charge is 2.14. The van der Waals surface area contributed by atoms with Gasteiger partial charge in [-0.05, 0) is 31.9 Å². The van der Waals surface area contributed by atoms with Crippen LogP contribution in [0.5, 0.6) is 5.75 Å². The van der Waals surface area contributed by atoms with Crippen LogP contribution in [-0.2, 0) is 0 Å². The molecule has 0 amide bonds. The van der Waals surface area contributed by atoms with Gasteiger partial charge in [-0.25, -0.2) is 0 Å². The van der Waals surface area contributed by atoms with E-state index in [-0.39, 0.29) is 18.9 Å². The van der Waals surface area contributed by atoms with Gasteiger partial charge in [0.05, 0.1) is 11.6 Å². The number of para-hydroxylation sites is 1. The molecule has 0 radical (unpaired) electrons. The maximum atomic E-state index is 9.01. The first-order valence-corrected chi connectivity index (χ1v) is 6.25. The van der Waals surface area contributed by atoms with Crippen molar-refractivity contribution < 1.29 is 9.84 Å². The van der Waals surface area contributed by atoms with Crippen molar-refractivity contribution in [2.45, 2.75) is 39.5 Å². The van der Waals surface area contributed by atoms with E-state index in [1.54, 1.807) is 0 Å². The van der Waals surface area contributed by atoms with Crippen LogP contribution in [0.15, 0.2) is 18.2 Å². The third-order valence-corrected chi connectivity index (χ3v) is 2.84. The summed E-state index contributed by atoms with van der Waals surface area (Å²) in [5, 5.41) is 12.8. The SMILES string of the molecule is CCC(NC(C)CO)Oc1c(C)cccc1Cl. The summed E-state index contributed by atoms with van der Waals surface area (Å²) in [7, 11) is 0. The Bertz CT molecular complexity index is 337. The lowest BCUT2D eigenvalue weighted by atomic mass is 10.2. The van der Waals surface area contributed by atoms with Gasteiger partial charge < -0.3 is 9.84 Å². The van der Waals surface area contributed by atoms with E-state index in [1.807, 2.05) is 39.0 Å². The number of hydrogen-bond donors (Lipinski definition) is 2. The molecule has 0 aliphatic heterocycles. The molecule has 0 saturated carbocycles. The highest BCUT2D eigenvalue weighted by atomic mass is 35.5. The van der Waals surface area contributed by atoms with Crippen LogP contribution in [-0.4, -0.2) is 24.0 Å². The zero-order chi connectivity index (χ0) is 12.8. The summed E-state index contributed by atoms with van der Waals surface area (Å²) in [6.07, 6.45) is 0.658. The molecule has 3 nitrogen and oxygen atoms in total. The number of aliphatic hydroxyl groups is 1. The predicted octanol–water partition coefficient (Wildman–Crippen LogP) is 2.73. The van der Waals surface area contributed by atoms with E-state index in [2.05, 4.69) is 5.32 Å². The molecule has 1 aromatic carbocycles. The Morgan fingerprint density at radius 1 is 1.47 bits per heavy atom. The number of nitrogens with one attached hydrogen (secondary N) is 1. The molecule has 0 heterocycles. The second kappa shape index (κ2) is 6.84. The van der Waals surface area contributed by atoms with Crippen molar-refractivity contribution in [3.63, 3.8) is 0 Å². The van der Waals surface area contributed by atoms with Crippen LogP contribution in [0.25, 0.3) is 0 Å². The van der Waals surface area contributed by atoms with Gasteiger partial charge in [0.2, 0.25) is 0 Å². The Balaban J connectivity index is 2.73. The second-order valence-corrected chi connectivity index (χ2v) is 4.56. The molecule has 0 spiro atoms. The first-order valence-electron chi connectivity index (χ1n) is 5.87. The average Bonchev–Trinajstić information content (AvgIpc) is 2.32. The fourth-order valence-electron chi connectivity index (χ4n) is 1.51. The Hall–Kier alpha value is -0.770. The summed E-state index contributed by atoms with van der Waals surface area (Å²) in [6.45, 7) is 5.98. The number of hydrogen-bond acceptors (Lipinski definition) is 3. The van der Waals surface area contributed by atoms with Crippen molar-refractivity contribution in [1.29, 1.82) is 0 Å². The highest BCUT2D eigenvalue weighted by Crippen LogP contribution is 2.28. The number of benzene rings is 1. The standard InChI is InChI=1S/C13H20ClNO2/c1-4-12(15-10(3)8-16)17-13-9(2)6-5-7-11(13)14/h5-7,10,12,15-16H,4,8H2,1-3H3. The summed E-state index contributed by atoms with van der Waals surface area (Å²) in [5.74, 6) is 0.707. The summed E-state index contributed by atoms with van der Waals surface area (Å²) in [4.78, 5) is 0. The Morgan fingerprint density at radius 3 is 2.71 bits per heavy atom. The molecule has 0 fully saturated rings. The van der Waals surface area contributed by atoms with Crippen molar-refractivity contribution in [2.24, 2.45) is 0 Å². The Labute approximate surface area is 108 Å². The minimum absolute atomic E-state index is 0.00254. The molecule has 0 saturated heterocycles. The van der Waals surface area contributed by atoms with Gasteiger partial charge in [-0.15, -0.1) is 0 Å². The fourth-order valence-corrected chi connectivity index (χ4v) is 1.78. The van der Waals surface area contributed by atoms with Gasteiger partial charge in [0.15, 0.2) is 0 Å². The molecule has 1 aromatic rings. The maximum Gasteiger partial charge on any atom is 0.150 e. The predicted molar refractivity (Wildman–Crippen MR) is 70.6 cm³/mol. The summed E-state index contributed by atoms with van der Waals surface area (Å²) in [6, 6.07) is 5.67. The molecule has 0 aliphatic rings. The van der Waals surface area contributed by atoms with Gasteiger partial charge >= 0.3 is 0 Å². The summed E-state index contributed by atoms with van der Waals surface area (Å²) < 4.78 is 5.84. The normalized spacial score (nSPS) is 14.4. The molecule has 2 unspecified atom stereocenters. The molecular formula is C13H20ClNO2. The zero-order valence-electron chi connectivity index (χ0n) is 10.5. The second-order valence-electron chi connectivity index (χ2n) is 4.15. The first kappa shape index (κ1) is 14.3. The van der Waals surface area contributed by atoms with E-state index in [4.69, 9.17) is 21.4 Å². The topological polar surface area (TPSA) is 41.5 Å². The van der Waals surface area contributed by atoms with Crippen LogP contribution >= 0.6 is 11.6 Å². The van der Waals surface area contributed by atoms with E-state index in [0.29, 0.717) is 10.8 Å². The van der Waals surface area contributed by atoms with Gasteiger partial charge in [0.25, 0.3) is 0 Å². The van der Waals surface area contributed by atoms with Gasteiger partial charge in [0, 0.05) is 6.04 Å². The number of ether oxygens (including phenoxy) is 1. The van der Waals surface area contributed by atoms with Gasteiger partial charge in [0.1, 0.15) is 12.0 Å². The first-order chi connectivity index (χ1) is 8.08. The van der Waals surface area contributed by atoms with E-state index in [9.17, 15) is 0 Å². The summed E-state index contributed by atoms with van der Waals surface area (Å²) >= 11 is 6.10. The van der Waals surface area contributed by atoms with Crippen LogP contribution in [0.3, 0.4) is 0 Å². The lowest BCUT2D eigenvalue weighted by Crippen LogP contribution is -2.41. The van der Waals surface area contributed by atoms with Crippen molar-refractivity contribution in [3.05, 3.63) is 28.8 Å². The lowest BCUT2D eigenvalue weighted by molar-refractivity contribution is 0.125. The number of aliphatic hydroxyl groups excluding tert-OH is 1. The summed E-state index contributed by atoms with van der Waals surface area (Å²) in [5.41, 5.74) is 1.01. The lowest BCUT2D eigenvalue weighted by Gasteiger charge is -2.23. The zero-order valence-corrected chi connectivity index (χ0v) is 11.3. The maximum absolute atomic E-state index is 9.01. The molecule has 4 heteroatoms. The quantitative estimate of drug-likeness (QED) is 0.770. The van der Waals surface area contributed by atoms with Gasteiger partial charge in [-0.2, -0.15) is 0 Å². The molecule has 96 valence electrons. The van der Waals surface area contributed by atoms with Gasteiger partial charge in [-0.3, -0.25) is 5.32 Å². The molecule has 0 aromatic heterocycles. The Kier molecular flexibility index (Phi) is 5.75. The largest absolute Gasteiger partial charge is 0.474 e.